The molecule has 4 aliphatic rings. The number of phenols is 1. The van der Waals surface area contributed by atoms with Crippen molar-refractivity contribution in [1.29, 1.82) is 0 Å². The van der Waals surface area contributed by atoms with E-state index in [4.69, 9.17) is 4.74 Å². The highest BCUT2D eigenvalue weighted by molar-refractivity contribution is 5.98. The van der Waals surface area contributed by atoms with E-state index in [1.807, 2.05) is 0 Å². The summed E-state index contributed by atoms with van der Waals surface area (Å²) in [6.07, 6.45) is 6.77. The predicted molar refractivity (Wildman–Crippen MR) is 101 cm³/mol. The molecule has 1 aromatic carbocycles. The lowest BCUT2D eigenvalue weighted by Crippen LogP contribution is -2.62. The van der Waals surface area contributed by atoms with Crippen molar-refractivity contribution >= 4 is 17.9 Å². The van der Waals surface area contributed by atoms with E-state index in [2.05, 4.69) is 10.6 Å². The fourth-order valence-corrected chi connectivity index (χ4v) is 5.73. The van der Waals surface area contributed by atoms with Crippen molar-refractivity contribution in [3.05, 3.63) is 29.3 Å². The van der Waals surface area contributed by atoms with Gasteiger partial charge in [-0.05, 0) is 74.8 Å². The number of ether oxygens (including phenoxy) is 1. The molecule has 5 rings (SSSR count). The van der Waals surface area contributed by atoms with E-state index in [0.29, 0.717) is 23.3 Å². The number of imide groups is 1. The number of hydrogen-bond acceptors (Lipinski definition) is 5. The molecule has 0 aromatic heterocycles. The van der Waals surface area contributed by atoms with Crippen LogP contribution in [0.4, 0.5) is 4.79 Å². The van der Waals surface area contributed by atoms with Gasteiger partial charge in [0.05, 0.1) is 0 Å². The molecular weight excluding hydrogens is 360 g/mol. The van der Waals surface area contributed by atoms with Crippen molar-refractivity contribution < 1.29 is 24.2 Å². The van der Waals surface area contributed by atoms with Gasteiger partial charge in [0.1, 0.15) is 11.3 Å². The number of urea groups is 1. The quantitative estimate of drug-likeness (QED) is 0.690. The van der Waals surface area contributed by atoms with Crippen molar-refractivity contribution in [3.63, 3.8) is 0 Å². The fourth-order valence-electron chi connectivity index (χ4n) is 5.73. The average Bonchev–Trinajstić information content (AvgIpc) is 2.60. The summed E-state index contributed by atoms with van der Waals surface area (Å²) < 4.78 is 4.93. The van der Waals surface area contributed by atoms with E-state index in [9.17, 15) is 19.5 Å². The first kappa shape index (κ1) is 18.8. The van der Waals surface area contributed by atoms with Gasteiger partial charge < -0.3 is 15.2 Å². The first-order chi connectivity index (χ1) is 13.3. The van der Waals surface area contributed by atoms with Crippen molar-refractivity contribution in [3.8, 4) is 5.75 Å². The Bertz CT molecular complexity index is 784. The van der Waals surface area contributed by atoms with Gasteiger partial charge in [0.25, 0.3) is 5.91 Å². The standard InChI is InChI=1S/C21H26N2O5/c1-12-3-2-4-16(18(12)25)19(26)28-11-17(24)22-20(27)23-21-8-13-5-14(9-21)7-15(6-13)10-21/h2-4,13-15,25H,5-11H2,1H3,(H2,22,23,24,27). The molecule has 4 bridgehead atoms. The van der Waals surface area contributed by atoms with Gasteiger partial charge in [-0.15, -0.1) is 0 Å². The fraction of sp³-hybridized carbons (Fsp3) is 0.571. The summed E-state index contributed by atoms with van der Waals surface area (Å²) in [6, 6.07) is 4.17. The average molecular weight is 386 g/mol. The third kappa shape index (κ3) is 3.70. The molecule has 0 radical (unpaired) electrons. The molecule has 0 heterocycles. The Morgan fingerprint density at radius 2 is 1.71 bits per heavy atom. The van der Waals surface area contributed by atoms with Crippen molar-refractivity contribution in [2.75, 3.05) is 6.61 Å². The van der Waals surface area contributed by atoms with Gasteiger partial charge in [0.15, 0.2) is 6.61 Å². The maximum atomic E-state index is 12.3. The van der Waals surface area contributed by atoms with Gasteiger partial charge in [-0.2, -0.15) is 0 Å². The van der Waals surface area contributed by atoms with Crippen LogP contribution in [0.25, 0.3) is 0 Å². The Morgan fingerprint density at radius 3 is 2.32 bits per heavy atom. The highest BCUT2D eigenvalue weighted by atomic mass is 16.5. The molecule has 0 spiro atoms. The molecule has 0 unspecified atom stereocenters. The Labute approximate surface area is 163 Å². The van der Waals surface area contributed by atoms with Crippen molar-refractivity contribution in [2.45, 2.75) is 51.0 Å². The van der Waals surface area contributed by atoms with Gasteiger partial charge in [0, 0.05) is 5.54 Å². The molecule has 4 aliphatic carbocycles. The summed E-state index contributed by atoms with van der Waals surface area (Å²) in [7, 11) is 0. The molecule has 7 heteroatoms. The molecule has 4 saturated carbocycles. The van der Waals surface area contributed by atoms with Crippen LogP contribution < -0.4 is 10.6 Å². The zero-order valence-electron chi connectivity index (χ0n) is 16.0. The third-order valence-electron chi connectivity index (χ3n) is 6.46. The van der Waals surface area contributed by atoms with Gasteiger partial charge in [-0.25, -0.2) is 9.59 Å². The number of phenolic OH excluding ortho intramolecular Hbond substituents is 1. The number of amides is 3. The topological polar surface area (TPSA) is 105 Å². The maximum Gasteiger partial charge on any atom is 0.342 e. The molecule has 7 nitrogen and oxygen atoms in total. The second-order valence-electron chi connectivity index (χ2n) is 8.75. The largest absolute Gasteiger partial charge is 0.507 e. The zero-order valence-corrected chi connectivity index (χ0v) is 16.0. The summed E-state index contributed by atoms with van der Waals surface area (Å²) in [4.78, 5) is 36.4. The van der Waals surface area contributed by atoms with Gasteiger partial charge in [-0.1, -0.05) is 12.1 Å². The summed E-state index contributed by atoms with van der Waals surface area (Å²) in [6.45, 7) is 1.08. The highest BCUT2D eigenvalue weighted by Crippen LogP contribution is 2.55. The lowest BCUT2D eigenvalue weighted by molar-refractivity contribution is -0.123. The molecule has 4 fully saturated rings. The number of nitrogens with one attached hydrogen (secondary N) is 2. The van der Waals surface area contributed by atoms with Crippen LogP contribution >= 0.6 is 0 Å². The number of aromatic hydroxyl groups is 1. The SMILES string of the molecule is Cc1cccc(C(=O)OCC(=O)NC(=O)NC23CC4CC(CC(C4)C2)C3)c1O. The number of aryl methyl sites for hydroxylation is 1. The first-order valence-electron chi connectivity index (χ1n) is 9.91. The molecular formula is C21H26N2O5. The van der Waals surface area contributed by atoms with E-state index in [-0.39, 0.29) is 16.9 Å². The van der Waals surface area contributed by atoms with Crippen LogP contribution in [-0.4, -0.2) is 35.2 Å². The van der Waals surface area contributed by atoms with Gasteiger partial charge >= 0.3 is 12.0 Å². The van der Waals surface area contributed by atoms with Gasteiger partial charge in [0.2, 0.25) is 0 Å². The number of carbonyl (C=O) groups is 3. The minimum Gasteiger partial charge on any atom is -0.507 e. The molecule has 0 atom stereocenters. The van der Waals surface area contributed by atoms with Crippen LogP contribution in [0.2, 0.25) is 0 Å². The molecule has 0 aliphatic heterocycles. The molecule has 28 heavy (non-hydrogen) atoms. The normalized spacial score (nSPS) is 30.0. The van der Waals surface area contributed by atoms with E-state index < -0.39 is 24.5 Å². The number of para-hydroxylation sites is 1. The summed E-state index contributed by atoms with van der Waals surface area (Å²) in [5, 5.41) is 15.2. The highest BCUT2D eigenvalue weighted by Gasteiger charge is 2.51. The summed E-state index contributed by atoms with van der Waals surface area (Å²) >= 11 is 0. The molecule has 3 amide bonds. The van der Waals surface area contributed by atoms with Crippen LogP contribution in [0.3, 0.4) is 0 Å². The van der Waals surface area contributed by atoms with E-state index in [1.54, 1.807) is 19.1 Å². The molecule has 0 saturated heterocycles. The van der Waals surface area contributed by atoms with Gasteiger partial charge in [-0.3, -0.25) is 10.1 Å². The Kier molecular flexibility index (Phi) is 4.77. The Hall–Kier alpha value is -2.57. The Balaban J connectivity index is 1.28. The zero-order chi connectivity index (χ0) is 19.9. The monoisotopic (exact) mass is 386 g/mol. The van der Waals surface area contributed by atoms with Crippen LogP contribution in [0.5, 0.6) is 5.75 Å². The van der Waals surface area contributed by atoms with Crippen LogP contribution in [0.15, 0.2) is 18.2 Å². The predicted octanol–water partition coefficient (Wildman–Crippen LogP) is 2.65. The number of hydrogen-bond donors (Lipinski definition) is 3. The third-order valence-corrected chi connectivity index (χ3v) is 6.46. The van der Waals surface area contributed by atoms with E-state index >= 15 is 0 Å². The van der Waals surface area contributed by atoms with Crippen LogP contribution in [0, 0.1) is 24.7 Å². The van der Waals surface area contributed by atoms with Crippen molar-refractivity contribution in [1.82, 2.24) is 10.6 Å². The maximum absolute atomic E-state index is 12.3. The smallest absolute Gasteiger partial charge is 0.342 e. The molecule has 3 N–H and O–H groups in total. The molecule has 1 aromatic rings. The number of rotatable bonds is 4. The number of benzene rings is 1. The number of carbonyl (C=O) groups excluding carboxylic acids is 3. The van der Waals surface area contributed by atoms with Crippen LogP contribution in [-0.2, 0) is 9.53 Å². The summed E-state index contributed by atoms with van der Waals surface area (Å²) in [5.74, 6) is 0.383. The lowest BCUT2D eigenvalue weighted by atomic mass is 9.53. The van der Waals surface area contributed by atoms with E-state index in [1.165, 1.54) is 25.3 Å². The lowest BCUT2D eigenvalue weighted by Gasteiger charge is -2.56. The van der Waals surface area contributed by atoms with E-state index in [0.717, 1.165) is 19.3 Å². The van der Waals surface area contributed by atoms with Crippen molar-refractivity contribution in [2.24, 2.45) is 17.8 Å². The van der Waals surface area contributed by atoms with Crippen LogP contribution in [0.1, 0.15) is 54.4 Å². The number of esters is 1. The minimum absolute atomic E-state index is 0.00850. The second-order valence-corrected chi connectivity index (χ2v) is 8.75. The second kappa shape index (κ2) is 7.11. The summed E-state index contributed by atoms with van der Waals surface area (Å²) in [5.41, 5.74) is 0.336. The first-order valence-corrected chi connectivity index (χ1v) is 9.91. The molecule has 150 valence electrons. The minimum atomic E-state index is -0.808. The Morgan fingerprint density at radius 1 is 1.11 bits per heavy atom.